The van der Waals surface area contributed by atoms with E-state index in [0.29, 0.717) is 25.5 Å². The van der Waals surface area contributed by atoms with E-state index in [1.54, 1.807) is 22.1 Å². The van der Waals surface area contributed by atoms with Crippen molar-refractivity contribution in [2.24, 2.45) is 0 Å². The molecule has 0 saturated carbocycles. The average Bonchev–Trinajstić information content (AvgIpc) is 3.21. The molecule has 8 heteroatoms. The maximum atomic E-state index is 14.4. The summed E-state index contributed by atoms with van der Waals surface area (Å²) in [5.41, 5.74) is 0.261. The van der Waals surface area contributed by atoms with Crippen LogP contribution in [0.15, 0.2) is 35.7 Å². The number of halogens is 2. The molecular weight excluding hydrogens is 320 g/mol. The second-order valence-electron chi connectivity index (χ2n) is 5.36. The highest BCUT2D eigenvalue weighted by molar-refractivity contribution is 7.09. The van der Waals surface area contributed by atoms with Gasteiger partial charge in [0, 0.05) is 23.5 Å². The number of hydrogen-bond donors (Lipinski definition) is 0. The van der Waals surface area contributed by atoms with Crippen LogP contribution in [0.3, 0.4) is 0 Å². The number of fused-ring (bicyclic) bond motifs is 1. The first kappa shape index (κ1) is 14.4. The minimum absolute atomic E-state index is 0.261. The van der Waals surface area contributed by atoms with Gasteiger partial charge in [0.15, 0.2) is 17.5 Å². The Morgan fingerprint density at radius 2 is 2.09 bits per heavy atom. The van der Waals surface area contributed by atoms with E-state index in [1.165, 1.54) is 6.07 Å². The Hall–Kier alpha value is -2.19. The number of nitrogens with zero attached hydrogens (tertiary/aromatic N) is 5. The van der Waals surface area contributed by atoms with Crippen LogP contribution in [-0.4, -0.2) is 31.7 Å². The molecule has 5 nitrogen and oxygen atoms in total. The van der Waals surface area contributed by atoms with E-state index in [0.717, 1.165) is 10.9 Å². The van der Waals surface area contributed by atoms with Crippen molar-refractivity contribution >= 4 is 11.3 Å². The van der Waals surface area contributed by atoms with Gasteiger partial charge < -0.3 is 0 Å². The van der Waals surface area contributed by atoms with Gasteiger partial charge in [0.05, 0.1) is 6.54 Å². The van der Waals surface area contributed by atoms with Crippen molar-refractivity contribution in [3.8, 4) is 0 Å². The number of benzene rings is 1. The molecule has 0 saturated heterocycles. The Balaban J connectivity index is 1.79. The van der Waals surface area contributed by atoms with Gasteiger partial charge in [0.2, 0.25) is 0 Å². The SMILES string of the molecule is Fc1cccc(C2c3nnnn3CCN2Cc2cccs2)c1F. The predicted octanol–water partition coefficient (Wildman–Crippen LogP) is 2.62. The minimum atomic E-state index is -0.858. The van der Waals surface area contributed by atoms with Crippen LogP contribution < -0.4 is 0 Å². The lowest BCUT2D eigenvalue weighted by atomic mass is 10.0. The normalized spacial score (nSPS) is 18.1. The first-order valence-electron chi connectivity index (χ1n) is 7.20. The Morgan fingerprint density at radius 3 is 2.91 bits per heavy atom. The summed E-state index contributed by atoms with van der Waals surface area (Å²) in [5, 5.41) is 13.7. The fourth-order valence-electron chi connectivity index (χ4n) is 2.92. The van der Waals surface area contributed by atoms with E-state index >= 15 is 0 Å². The molecule has 1 unspecified atom stereocenters. The molecule has 1 aliphatic heterocycles. The van der Waals surface area contributed by atoms with Gasteiger partial charge in [-0.3, -0.25) is 4.90 Å². The number of aromatic nitrogens is 4. The summed E-state index contributed by atoms with van der Waals surface area (Å²) in [6.07, 6.45) is 0. The monoisotopic (exact) mass is 333 g/mol. The fraction of sp³-hybridized carbons (Fsp3) is 0.267. The lowest BCUT2D eigenvalue weighted by Crippen LogP contribution is -2.39. The van der Waals surface area contributed by atoms with Crippen molar-refractivity contribution in [1.29, 1.82) is 0 Å². The zero-order chi connectivity index (χ0) is 15.8. The Bertz CT molecular complexity index is 817. The zero-order valence-electron chi connectivity index (χ0n) is 12.1. The number of thiophene rings is 1. The van der Waals surface area contributed by atoms with Gasteiger partial charge in [-0.15, -0.1) is 16.4 Å². The van der Waals surface area contributed by atoms with Crippen molar-refractivity contribution in [2.75, 3.05) is 6.54 Å². The van der Waals surface area contributed by atoms with Crippen LogP contribution in [0.25, 0.3) is 0 Å². The Labute approximate surface area is 135 Å². The third kappa shape index (κ3) is 2.53. The van der Waals surface area contributed by atoms with Crippen LogP contribution in [0.4, 0.5) is 8.78 Å². The molecule has 0 amide bonds. The molecule has 0 aliphatic carbocycles. The topological polar surface area (TPSA) is 46.8 Å². The Kier molecular flexibility index (Phi) is 3.62. The molecule has 4 rings (SSSR count). The predicted molar refractivity (Wildman–Crippen MR) is 80.7 cm³/mol. The fourth-order valence-corrected chi connectivity index (χ4v) is 3.65. The van der Waals surface area contributed by atoms with Crippen LogP contribution in [0.1, 0.15) is 22.3 Å². The van der Waals surface area contributed by atoms with Gasteiger partial charge in [-0.25, -0.2) is 13.5 Å². The molecule has 3 aromatic rings. The summed E-state index contributed by atoms with van der Waals surface area (Å²) in [6, 6.07) is 7.73. The highest BCUT2D eigenvalue weighted by Gasteiger charge is 2.34. The molecule has 3 heterocycles. The molecule has 0 spiro atoms. The quantitative estimate of drug-likeness (QED) is 0.739. The molecule has 1 atom stereocenters. The van der Waals surface area contributed by atoms with Gasteiger partial charge in [0.1, 0.15) is 6.04 Å². The van der Waals surface area contributed by atoms with Crippen molar-refractivity contribution in [2.45, 2.75) is 19.1 Å². The van der Waals surface area contributed by atoms with Crippen LogP contribution >= 0.6 is 11.3 Å². The summed E-state index contributed by atoms with van der Waals surface area (Å²) >= 11 is 1.64. The van der Waals surface area contributed by atoms with E-state index < -0.39 is 17.7 Å². The van der Waals surface area contributed by atoms with Crippen molar-refractivity contribution < 1.29 is 8.78 Å². The molecule has 0 N–H and O–H groups in total. The lowest BCUT2D eigenvalue weighted by molar-refractivity contribution is 0.162. The third-order valence-electron chi connectivity index (χ3n) is 3.98. The van der Waals surface area contributed by atoms with Crippen molar-refractivity contribution in [1.82, 2.24) is 25.1 Å². The Morgan fingerprint density at radius 1 is 1.17 bits per heavy atom. The largest absolute Gasteiger partial charge is 0.283 e. The van der Waals surface area contributed by atoms with Gasteiger partial charge in [-0.2, -0.15) is 0 Å². The molecule has 23 heavy (non-hydrogen) atoms. The molecule has 118 valence electrons. The number of hydrogen-bond acceptors (Lipinski definition) is 5. The number of rotatable bonds is 3. The van der Waals surface area contributed by atoms with E-state index in [4.69, 9.17) is 0 Å². The zero-order valence-corrected chi connectivity index (χ0v) is 12.9. The van der Waals surface area contributed by atoms with E-state index in [9.17, 15) is 8.78 Å². The van der Waals surface area contributed by atoms with Crippen LogP contribution in [0.2, 0.25) is 0 Å². The molecule has 1 aromatic carbocycles. The van der Waals surface area contributed by atoms with Crippen molar-refractivity contribution in [3.63, 3.8) is 0 Å². The maximum absolute atomic E-state index is 14.4. The smallest absolute Gasteiger partial charge is 0.173 e. The molecule has 2 aromatic heterocycles. The van der Waals surface area contributed by atoms with Crippen LogP contribution in [0.5, 0.6) is 0 Å². The summed E-state index contributed by atoms with van der Waals surface area (Å²) in [5.74, 6) is -1.16. The van der Waals surface area contributed by atoms with E-state index in [2.05, 4.69) is 20.4 Å². The molecule has 0 fully saturated rings. The molecular formula is C15H13F2N5S. The van der Waals surface area contributed by atoms with Crippen LogP contribution in [0, 0.1) is 11.6 Å². The molecule has 0 radical (unpaired) electrons. The highest BCUT2D eigenvalue weighted by Crippen LogP contribution is 2.33. The van der Waals surface area contributed by atoms with Crippen molar-refractivity contribution in [3.05, 3.63) is 63.6 Å². The second kappa shape index (κ2) is 5.78. The number of tetrazole rings is 1. The van der Waals surface area contributed by atoms with E-state index in [-0.39, 0.29) is 5.56 Å². The summed E-state index contributed by atoms with van der Waals surface area (Å²) in [4.78, 5) is 3.24. The van der Waals surface area contributed by atoms with Gasteiger partial charge in [-0.05, 0) is 27.9 Å². The molecule has 1 aliphatic rings. The average molecular weight is 333 g/mol. The lowest BCUT2D eigenvalue weighted by Gasteiger charge is -2.34. The highest BCUT2D eigenvalue weighted by atomic mass is 32.1. The third-order valence-corrected chi connectivity index (χ3v) is 4.84. The summed E-state index contributed by atoms with van der Waals surface area (Å²) in [6.45, 7) is 1.93. The maximum Gasteiger partial charge on any atom is 0.173 e. The van der Waals surface area contributed by atoms with Crippen LogP contribution in [-0.2, 0) is 13.1 Å². The van der Waals surface area contributed by atoms with Gasteiger partial charge >= 0.3 is 0 Å². The first-order chi connectivity index (χ1) is 11.2. The minimum Gasteiger partial charge on any atom is -0.283 e. The van der Waals surface area contributed by atoms with E-state index in [1.807, 2.05) is 17.5 Å². The standard InChI is InChI=1S/C15H13F2N5S/c16-12-5-1-4-11(13(12)17)14-15-18-19-20-22(15)7-6-21(14)9-10-3-2-8-23-10/h1-5,8,14H,6-7,9H2. The van der Waals surface area contributed by atoms with Gasteiger partial charge in [0.25, 0.3) is 0 Å². The second-order valence-corrected chi connectivity index (χ2v) is 6.39. The molecule has 0 bridgehead atoms. The first-order valence-corrected chi connectivity index (χ1v) is 8.08. The van der Waals surface area contributed by atoms with Gasteiger partial charge in [-0.1, -0.05) is 18.2 Å². The summed E-state index contributed by atoms with van der Waals surface area (Å²) in [7, 11) is 0. The summed E-state index contributed by atoms with van der Waals surface area (Å²) < 4.78 is 29.7.